The van der Waals surface area contributed by atoms with Crippen LogP contribution in [0.1, 0.15) is 48.5 Å². The number of hydrogen-bond donors (Lipinski definition) is 1. The highest BCUT2D eigenvalue weighted by atomic mass is 35.5. The summed E-state index contributed by atoms with van der Waals surface area (Å²) in [5.74, 6) is 0.431. The van der Waals surface area contributed by atoms with Gasteiger partial charge in [-0.05, 0) is 72.7 Å². The zero-order valence-electron chi connectivity index (χ0n) is 39.0. The van der Waals surface area contributed by atoms with E-state index in [2.05, 4.69) is 5.32 Å². The molecule has 0 aromatic heterocycles. The van der Waals surface area contributed by atoms with Gasteiger partial charge < -0.3 is 66.7 Å². The number of alkyl carbamates (subject to hydrolysis) is 1. The summed E-state index contributed by atoms with van der Waals surface area (Å²) in [7, 11) is -2.20. The molecule has 18 nitrogen and oxygen atoms in total. The molecule has 0 unspecified atom stereocenters. The molecule has 0 saturated carbocycles. The number of benzene rings is 2. The van der Waals surface area contributed by atoms with Gasteiger partial charge in [0.25, 0.3) is 10.0 Å². The Balaban J connectivity index is 1.22. The van der Waals surface area contributed by atoms with Crippen molar-refractivity contribution in [3.05, 3.63) is 41.4 Å². The normalized spacial score (nSPS) is 14.8. The molecule has 1 aliphatic heterocycles. The Hall–Kier alpha value is -2.99. The smallest absolute Gasteiger partial charge is 0.495 e. The van der Waals surface area contributed by atoms with E-state index in [4.69, 9.17) is 73.0 Å². The van der Waals surface area contributed by atoms with Crippen LogP contribution in [0.4, 0.5) is 10.5 Å². The number of carbonyl (C=O) groups is 1. The number of para-hydroxylation sites is 2. The van der Waals surface area contributed by atoms with E-state index >= 15 is 0 Å². The summed E-state index contributed by atoms with van der Waals surface area (Å²) in [4.78, 5) is 11.4. The molecule has 1 heterocycles. The second kappa shape index (κ2) is 28.3. The molecule has 1 N–H and O–H groups in total. The molecule has 0 radical (unpaired) electrons. The lowest BCUT2D eigenvalue weighted by Gasteiger charge is -2.32. The molecule has 64 heavy (non-hydrogen) atoms. The molecular formula is C43H70BClN2O16S. The van der Waals surface area contributed by atoms with Crippen LogP contribution in [0, 0.1) is 0 Å². The van der Waals surface area contributed by atoms with E-state index in [0.29, 0.717) is 123 Å². The third kappa shape index (κ3) is 19.5. The summed E-state index contributed by atoms with van der Waals surface area (Å²) in [6.45, 7) is 19.8. The minimum Gasteiger partial charge on any atom is -0.495 e. The third-order valence-corrected chi connectivity index (χ3v) is 11.8. The van der Waals surface area contributed by atoms with Crippen molar-refractivity contribution in [3.8, 4) is 11.5 Å². The molecule has 364 valence electrons. The first-order chi connectivity index (χ1) is 30.4. The van der Waals surface area contributed by atoms with E-state index in [1.165, 1.54) is 26.3 Å². The fourth-order valence-corrected chi connectivity index (χ4v) is 7.17. The van der Waals surface area contributed by atoms with Crippen molar-refractivity contribution in [2.75, 3.05) is 137 Å². The van der Waals surface area contributed by atoms with Gasteiger partial charge in [0.05, 0.1) is 130 Å². The van der Waals surface area contributed by atoms with Gasteiger partial charge in [-0.15, -0.1) is 0 Å². The van der Waals surface area contributed by atoms with E-state index in [1.807, 2.05) is 48.5 Å². The van der Waals surface area contributed by atoms with Crippen molar-refractivity contribution in [3.63, 3.8) is 0 Å². The molecular weight excluding hydrogens is 879 g/mol. The lowest BCUT2D eigenvalue weighted by molar-refractivity contribution is -0.0236. The number of ether oxygens (including phenoxy) is 11. The SMILES string of the molecule is COc1ccccc1N(C)S(=O)(=O)c1cc(B2OC(C)(C)C(C)(C)O2)c(Cl)cc1OCCOCCOCCOCCOCCOCCOCCOCCOCCNC(=O)OC(C)(C)C. The second-order valence-electron chi connectivity index (χ2n) is 16.2. The van der Waals surface area contributed by atoms with Crippen molar-refractivity contribution in [2.45, 2.75) is 70.2 Å². The fourth-order valence-electron chi connectivity index (χ4n) is 5.57. The van der Waals surface area contributed by atoms with E-state index < -0.39 is 40.0 Å². The van der Waals surface area contributed by atoms with E-state index in [9.17, 15) is 13.2 Å². The van der Waals surface area contributed by atoms with Crippen LogP contribution in [0.3, 0.4) is 0 Å². The van der Waals surface area contributed by atoms with Gasteiger partial charge in [-0.1, -0.05) is 23.7 Å². The molecule has 0 atom stereocenters. The van der Waals surface area contributed by atoms with Crippen LogP contribution in [0.2, 0.25) is 5.02 Å². The van der Waals surface area contributed by atoms with Crippen LogP contribution in [0.5, 0.6) is 11.5 Å². The summed E-state index contributed by atoms with van der Waals surface area (Å²) in [5, 5.41) is 2.85. The molecule has 2 aromatic carbocycles. The molecule has 1 saturated heterocycles. The number of carbonyl (C=O) groups excluding carboxylic acids is 1. The highest BCUT2D eigenvalue weighted by Gasteiger charge is 2.52. The van der Waals surface area contributed by atoms with Crippen molar-refractivity contribution in [1.82, 2.24) is 5.32 Å². The molecule has 3 rings (SSSR count). The van der Waals surface area contributed by atoms with Crippen molar-refractivity contribution < 1.29 is 74.6 Å². The molecule has 1 fully saturated rings. The Bertz CT molecular complexity index is 1750. The monoisotopic (exact) mass is 948 g/mol. The minimum absolute atomic E-state index is 0.0447. The standard InChI is InChI=1S/C43H70BClN2O16S/c1-41(2,3)61-40(48)46-14-15-52-16-17-53-18-19-54-20-21-55-22-23-56-24-25-57-26-27-58-28-29-59-30-31-60-38-33-35(45)34(44-62-42(4,5)43(6,7)63-44)32-39(38)64(49,50)47(8)36-12-10-11-13-37(36)51-9/h10-13,32-33H,14-31H2,1-9H3,(H,46,48). The Morgan fingerprint density at radius 1 is 0.688 bits per heavy atom. The van der Waals surface area contributed by atoms with Crippen LogP contribution in [-0.2, 0) is 62.0 Å². The number of halogens is 1. The van der Waals surface area contributed by atoms with Gasteiger partial charge in [-0.3, -0.25) is 4.31 Å². The largest absolute Gasteiger partial charge is 0.496 e. The molecule has 2 aromatic rings. The average Bonchev–Trinajstić information content (AvgIpc) is 3.45. The number of nitrogens with one attached hydrogen (secondary N) is 1. The Morgan fingerprint density at radius 2 is 1.11 bits per heavy atom. The zero-order valence-corrected chi connectivity index (χ0v) is 40.6. The van der Waals surface area contributed by atoms with Crippen LogP contribution in [0.25, 0.3) is 0 Å². The summed E-state index contributed by atoms with van der Waals surface area (Å²) in [6.07, 6.45) is -0.467. The van der Waals surface area contributed by atoms with Gasteiger partial charge in [0.15, 0.2) is 0 Å². The first kappa shape index (κ1) is 55.3. The van der Waals surface area contributed by atoms with E-state index in [1.54, 1.807) is 24.3 Å². The summed E-state index contributed by atoms with van der Waals surface area (Å²) in [6, 6.07) is 9.72. The number of hydrogen-bond acceptors (Lipinski definition) is 16. The van der Waals surface area contributed by atoms with Gasteiger partial charge in [0, 0.05) is 24.1 Å². The van der Waals surface area contributed by atoms with Crippen molar-refractivity contribution >= 4 is 46.0 Å². The first-order valence-corrected chi connectivity index (χ1v) is 23.2. The Labute approximate surface area is 385 Å². The number of amides is 1. The highest BCUT2D eigenvalue weighted by molar-refractivity contribution is 7.93. The summed E-state index contributed by atoms with van der Waals surface area (Å²) in [5.41, 5.74) is -1.18. The van der Waals surface area contributed by atoms with Crippen LogP contribution in [-0.4, -0.2) is 171 Å². The maximum absolute atomic E-state index is 14.2. The van der Waals surface area contributed by atoms with Crippen molar-refractivity contribution in [2.24, 2.45) is 0 Å². The maximum Gasteiger partial charge on any atom is 0.496 e. The van der Waals surface area contributed by atoms with Crippen LogP contribution < -0.4 is 24.6 Å². The molecule has 0 bridgehead atoms. The first-order valence-electron chi connectivity index (χ1n) is 21.4. The topological polar surface area (TPSA) is 186 Å². The quantitative estimate of drug-likeness (QED) is 0.0778. The number of nitrogens with zero attached hydrogens (tertiary/aromatic N) is 1. The number of methoxy groups -OCH3 is 1. The lowest BCUT2D eigenvalue weighted by atomic mass is 9.79. The summed E-state index contributed by atoms with van der Waals surface area (Å²) >= 11 is 6.73. The minimum atomic E-state index is -4.21. The highest BCUT2D eigenvalue weighted by Crippen LogP contribution is 2.39. The van der Waals surface area contributed by atoms with Gasteiger partial charge in [0.2, 0.25) is 0 Å². The third-order valence-electron chi connectivity index (χ3n) is 9.64. The molecule has 0 spiro atoms. The number of anilines is 1. The average molecular weight is 949 g/mol. The molecule has 0 aliphatic carbocycles. The molecule has 1 amide bonds. The van der Waals surface area contributed by atoms with Crippen LogP contribution in [0.15, 0.2) is 41.3 Å². The number of sulfonamides is 1. The van der Waals surface area contributed by atoms with Crippen LogP contribution >= 0.6 is 11.6 Å². The van der Waals surface area contributed by atoms with E-state index in [-0.39, 0.29) is 28.9 Å². The Kier molecular flexibility index (Phi) is 24.4. The summed E-state index contributed by atoms with van der Waals surface area (Å²) < 4.78 is 103. The van der Waals surface area contributed by atoms with Gasteiger partial charge in [-0.25, -0.2) is 13.2 Å². The lowest BCUT2D eigenvalue weighted by Crippen LogP contribution is -2.41. The molecule has 1 aliphatic rings. The second-order valence-corrected chi connectivity index (χ2v) is 18.6. The predicted molar refractivity (Wildman–Crippen MR) is 242 cm³/mol. The maximum atomic E-state index is 14.2. The molecule has 21 heteroatoms. The Morgan fingerprint density at radius 3 is 1.55 bits per heavy atom. The van der Waals surface area contributed by atoms with Gasteiger partial charge in [0.1, 0.15) is 28.6 Å². The number of rotatable bonds is 33. The van der Waals surface area contributed by atoms with Gasteiger partial charge >= 0.3 is 13.2 Å². The van der Waals surface area contributed by atoms with Crippen molar-refractivity contribution in [1.29, 1.82) is 0 Å². The van der Waals surface area contributed by atoms with Gasteiger partial charge in [-0.2, -0.15) is 0 Å². The predicted octanol–water partition coefficient (Wildman–Crippen LogP) is 4.51. The van der Waals surface area contributed by atoms with E-state index in [0.717, 1.165) is 4.31 Å². The fraction of sp³-hybridized carbons (Fsp3) is 0.698. The zero-order chi connectivity index (χ0) is 47.1.